The first-order valence-corrected chi connectivity index (χ1v) is 7.79. The van der Waals surface area contributed by atoms with Gasteiger partial charge in [-0.25, -0.2) is 0 Å². The van der Waals surface area contributed by atoms with Crippen molar-refractivity contribution in [3.8, 4) is 5.75 Å². The zero-order chi connectivity index (χ0) is 12.6. The van der Waals surface area contributed by atoms with Crippen molar-refractivity contribution in [2.45, 2.75) is 51.9 Å². The molecule has 1 aromatic carbocycles. The summed E-state index contributed by atoms with van der Waals surface area (Å²) >= 11 is 7.32. The van der Waals surface area contributed by atoms with Crippen LogP contribution in [0.3, 0.4) is 0 Å². The second-order valence-electron chi connectivity index (χ2n) is 4.98. The number of phenolic OH excluding ortho intramolecular Hbond substituents is 1. The van der Waals surface area contributed by atoms with E-state index in [9.17, 15) is 5.11 Å². The number of hydrogen-bond acceptors (Lipinski definition) is 1. The van der Waals surface area contributed by atoms with Gasteiger partial charge in [0.15, 0.2) is 0 Å². The highest BCUT2D eigenvalue weighted by atomic mass is 79.9. The van der Waals surface area contributed by atoms with E-state index in [1.165, 1.54) is 37.7 Å². The van der Waals surface area contributed by atoms with Crippen LogP contribution in [0.5, 0.6) is 5.75 Å². The Kier molecular flexibility index (Phi) is 4.19. The summed E-state index contributed by atoms with van der Waals surface area (Å²) in [6.07, 6.45) is 6.54. The van der Waals surface area contributed by atoms with Crippen LogP contribution in [0.15, 0.2) is 8.95 Å². The SMILES string of the molecule is Cc1c(O)c(C)c(Br)c(C2CCCCC2)c1Br. The van der Waals surface area contributed by atoms with Crippen LogP contribution in [0.2, 0.25) is 0 Å². The predicted octanol–water partition coefficient (Wildman–Crippen LogP) is 5.58. The van der Waals surface area contributed by atoms with E-state index < -0.39 is 0 Å². The summed E-state index contributed by atoms with van der Waals surface area (Å²) in [6, 6.07) is 0. The Morgan fingerprint density at radius 3 is 1.88 bits per heavy atom. The van der Waals surface area contributed by atoms with Gasteiger partial charge in [-0.15, -0.1) is 0 Å². The Balaban J connectivity index is 2.52. The highest BCUT2D eigenvalue weighted by molar-refractivity contribution is 9.11. The maximum atomic E-state index is 10.0. The minimum Gasteiger partial charge on any atom is -0.507 e. The minimum absolute atomic E-state index is 0.406. The number of benzene rings is 1. The Labute approximate surface area is 120 Å². The van der Waals surface area contributed by atoms with Crippen LogP contribution in [0.4, 0.5) is 0 Å². The van der Waals surface area contributed by atoms with Crippen LogP contribution in [0.1, 0.15) is 54.7 Å². The molecule has 1 aliphatic carbocycles. The van der Waals surface area contributed by atoms with Crippen molar-refractivity contribution in [3.63, 3.8) is 0 Å². The van der Waals surface area contributed by atoms with Crippen LogP contribution in [0.25, 0.3) is 0 Å². The first-order chi connectivity index (χ1) is 8.04. The summed E-state index contributed by atoms with van der Waals surface area (Å²) in [5.74, 6) is 1.04. The molecule has 1 N–H and O–H groups in total. The van der Waals surface area contributed by atoms with Crippen molar-refractivity contribution < 1.29 is 5.11 Å². The van der Waals surface area contributed by atoms with Gasteiger partial charge in [-0.05, 0) is 38.2 Å². The molecule has 1 saturated carbocycles. The molecular formula is C14H18Br2O. The van der Waals surface area contributed by atoms with Crippen molar-refractivity contribution in [2.24, 2.45) is 0 Å². The lowest BCUT2D eigenvalue weighted by atomic mass is 9.83. The van der Waals surface area contributed by atoms with E-state index in [1.54, 1.807) is 0 Å². The molecule has 0 bridgehead atoms. The zero-order valence-corrected chi connectivity index (χ0v) is 13.5. The molecule has 3 heteroatoms. The molecule has 94 valence electrons. The van der Waals surface area contributed by atoms with Crippen LogP contribution < -0.4 is 0 Å². The van der Waals surface area contributed by atoms with Crippen LogP contribution in [0, 0.1) is 13.8 Å². The van der Waals surface area contributed by atoms with Crippen LogP contribution >= 0.6 is 31.9 Å². The van der Waals surface area contributed by atoms with E-state index in [0.29, 0.717) is 11.7 Å². The second kappa shape index (κ2) is 5.31. The minimum atomic E-state index is 0.406. The van der Waals surface area contributed by atoms with E-state index in [0.717, 1.165) is 20.1 Å². The first kappa shape index (κ1) is 13.4. The van der Waals surface area contributed by atoms with E-state index in [2.05, 4.69) is 31.9 Å². The lowest BCUT2D eigenvalue weighted by molar-refractivity contribution is 0.437. The maximum absolute atomic E-state index is 10.0. The Morgan fingerprint density at radius 1 is 0.941 bits per heavy atom. The van der Waals surface area contributed by atoms with Crippen molar-refractivity contribution in [2.75, 3.05) is 0 Å². The molecule has 1 aliphatic rings. The molecule has 0 aliphatic heterocycles. The standard InChI is InChI=1S/C14H18Br2O/c1-8-12(15)11(10-6-4-3-5-7-10)13(16)9(2)14(8)17/h10,17H,3-7H2,1-2H3. The lowest BCUT2D eigenvalue weighted by Gasteiger charge is -2.26. The molecule has 1 nitrogen and oxygen atoms in total. The van der Waals surface area contributed by atoms with Crippen molar-refractivity contribution >= 4 is 31.9 Å². The third kappa shape index (κ3) is 2.41. The summed E-state index contributed by atoms with van der Waals surface area (Å²) in [5.41, 5.74) is 3.29. The summed E-state index contributed by atoms with van der Waals surface area (Å²) in [4.78, 5) is 0. The Morgan fingerprint density at radius 2 is 1.41 bits per heavy atom. The summed E-state index contributed by atoms with van der Waals surface area (Å²) in [7, 11) is 0. The Bertz CT molecular complexity index is 405. The molecule has 2 rings (SSSR count). The van der Waals surface area contributed by atoms with E-state index in [4.69, 9.17) is 0 Å². The summed E-state index contributed by atoms with van der Waals surface area (Å²) in [5, 5.41) is 10.0. The summed E-state index contributed by atoms with van der Waals surface area (Å²) < 4.78 is 2.17. The highest BCUT2D eigenvalue weighted by Crippen LogP contribution is 2.46. The van der Waals surface area contributed by atoms with Crippen LogP contribution in [-0.4, -0.2) is 5.11 Å². The Hall–Kier alpha value is -0.0200. The van der Waals surface area contributed by atoms with Gasteiger partial charge in [-0.1, -0.05) is 51.1 Å². The molecule has 0 radical (unpaired) electrons. The van der Waals surface area contributed by atoms with Gasteiger partial charge in [0.1, 0.15) is 5.75 Å². The molecule has 0 atom stereocenters. The second-order valence-corrected chi connectivity index (χ2v) is 6.56. The number of phenols is 1. The fourth-order valence-electron chi connectivity index (χ4n) is 2.74. The number of halogens is 2. The monoisotopic (exact) mass is 360 g/mol. The molecule has 0 aromatic heterocycles. The lowest BCUT2D eigenvalue weighted by Crippen LogP contribution is -2.07. The molecule has 0 amide bonds. The van der Waals surface area contributed by atoms with Gasteiger partial charge in [0.25, 0.3) is 0 Å². The molecule has 0 spiro atoms. The topological polar surface area (TPSA) is 20.2 Å². The van der Waals surface area contributed by atoms with Crippen molar-refractivity contribution in [1.29, 1.82) is 0 Å². The van der Waals surface area contributed by atoms with Crippen molar-refractivity contribution in [3.05, 3.63) is 25.6 Å². The molecule has 1 aromatic rings. The third-order valence-electron chi connectivity index (χ3n) is 3.86. The average Bonchev–Trinajstić information content (AvgIpc) is 2.36. The van der Waals surface area contributed by atoms with E-state index in [-0.39, 0.29) is 0 Å². The quantitative estimate of drug-likeness (QED) is 0.691. The first-order valence-electron chi connectivity index (χ1n) is 6.21. The van der Waals surface area contributed by atoms with E-state index >= 15 is 0 Å². The number of hydrogen-bond donors (Lipinski definition) is 1. The molecule has 1 fully saturated rings. The number of aromatic hydroxyl groups is 1. The third-order valence-corrected chi connectivity index (χ3v) is 5.90. The van der Waals surface area contributed by atoms with Gasteiger partial charge in [-0.2, -0.15) is 0 Å². The van der Waals surface area contributed by atoms with Crippen molar-refractivity contribution in [1.82, 2.24) is 0 Å². The normalized spacial score (nSPS) is 17.4. The largest absolute Gasteiger partial charge is 0.507 e. The fourth-order valence-corrected chi connectivity index (χ4v) is 4.42. The maximum Gasteiger partial charge on any atom is 0.123 e. The average molecular weight is 362 g/mol. The van der Waals surface area contributed by atoms with Gasteiger partial charge in [0.05, 0.1) is 0 Å². The molecular weight excluding hydrogens is 344 g/mol. The van der Waals surface area contributed by atoms with Crippen LogP contribution in [-0.2, 0) is 0 Å². The van der Waals surface area contributed by atoms with Gasteiger partial charge in [0, 0.05) is 20.1 Å². The van der Waals surface area contributed by atoms with Gasteiger partial charge in [0.2, 0.25) is 0 Å². The molecule has 0 saturated heterocycles. The molecule has 0 unspecified atom stereocenters. The summed E-state index contributed by atoms with van der Waals surface area (Å²) in [6.45, 7) is 3.95. The fraction of sp³-hybridized carbons (Fsp3) is 0.571. The molecule has 17 heavy (non-hydrogen) atoms. The zero-order valence-electron chi connectivity index (χ0n) is 10.3. The van der Waals surface area contributed by atoms with Gasteiger partial charge < -0.3 is 5.11 Å². The van der Waals surface area contributed by atoms with Gasteiger partial charge >= 0.3 is 0 Å². The smallest absolute Gasteiger partial charge is 0.123 e. The predicted molar refractivity (Wildman–Crippen MR) is 78.8 cm³/mol. The molecule has 0 heterocycles. The highest BCUT2D eigenvalue weighted by Gasteiger charge is 2.24. The number of rotatable bonds is 1. The van der Waals surface area contributed by atoms with E-state index in [1.807, 2.05) is 13.8 Å². The van der Waals surface area contributed by atoms with Gasteiger partial charge in [-0.3, -0.25) is 0 Å².